The molecule has 0 saturated carbocycles. The average Bonchev–Trinajstić information content (AvgIpc) is 2.68. The number of hydrogen-bond donors (Lipinski definition) is 0. The number of halogens is 1. The molecule has 2 aromatic carbocycles. The lowest BCUT2D eigenvalue weighted by Crippen LogP contribution is -2.40. The minimum absolute atomic E-state index is 0.0788. The Morgan fingerprint density at radius 3 is 2.48 bits per heavy atom. The summed E-state index contributed by atoms with van der Waals surface area (Å²) in [5.74, 6) is -0.580. The Morgan fingerprint density at radius 2 is 1.81 bits per heavy atom. The highest BCUT2D eigenvalue weighted by molar-refractivity contribution is 7.89. The number of ether oxygens (including phenoxy) is 2. The van der Waals surface area contributed by atoms with Gasteiger partial charge in [0.1, 0.15) is 6.61 Å². The number of carbonyl (C=O) groups excluding carboxylic acids is 1. The van der Waals surface area contributed by atoms with Crippen LogP contribution >= 0.6 is 11.6 Å². The molecule has 8 heteroatoms. The Bertz CT molecular complexity index is 922. The van der Waals surface area contributed by atoms with Crippen LogP contribution in [0.5, 0.6) is 0 Å². The molecule has 1 aliphatic heterocycles. The van der Waals surface area contributed by atoms with E-state index < -0.39 is 16.0 Å². The van der Waals surface area contributed by atoms with Gasteiger partial charge in [-0.3, -0.25) is 0 Å². The van der Waals surface area contributed by atoms with Crippen molar-refractivity contribution in [2.75, 3.05) is 26.3 Å². The molecule has 0 bridgehead atoms. The number of sulfonamides is 1. The molecule has 0 aliphatic carbocycles. The number of nitrogens with zero attached hydrogens (tertiary/aromatic N) is 1. The van der Waals surface area contributed by atoms with Gasteiger partial charge in [-0.2, -0.15) is 4.31 Å². The molecule has 144 valence electrons. The third kappa shape index (κ3) is 4.68. The van der Waals surface area contributed by atoms with E-state index in [2.05, 4.69) is 0 Å². The molecule has 0 aromatic heterocycles. The molecular weight excluding hydrogens is 390 g/mol. The first-order chi connectivity index (χ1) is 12.9. The van der Waals surface area contributed by atoms with Crippen molar-refractivity contribution in [1.82, 2.24) is 4.31 Å². The van der Waals surface area contributed by atoms with Gasteiger partial charge in [0.15, 0.2) is 0 Å². The van der Waals surface area contributed by atoms with Gasteiger partial charge in [0.05, 0.1) is 23.7 Å². The zero-order valence-corrected chi connectivity index (χ0v) is 16.4. The maximum atomic E-state index is 12.9. The van der Waals surface area contributed by atoms with Crippen LogP contribution < -0.4 is 0 Å². The number of morpholine rings is 1. The van der Waals surface area contributed by atoms with Gasteiger partial charge in [0, 0.05) is 18.1 Å². The molecule has 0 N–H and O–H groups in total. The maximum Gasteiger partial charge on any atom is 0.338 e. The molecule has 1 heterocycles. The zero-order chi connectivity index (χ0) is 19.4. The van der Waals surface area contributed by atoms with E-state index in [1.165, 1.54) is 10.4 Å². The van der Waals surface area contributed by atoms with Gasteiger partial charge in [-0.1, -0.05) is 29.8 Å². The van der Waals surface area contributed by atoms with Gasteiger partial charge < -0.3 is 9.47 Å². The fourth-order valence-electron chi connectivity index (χ4n) is 2.74. The summed E-state index contributed by atoms with van der Waals surface area (Å²) in [4.78, 5) is 12.5. The van der Waals surface area contributed by atoms with E-state index in [0.717, 1.165) is 5.56 Å². The molecule has 0 radical (unpaired) electrons. The highest BCUT2D eigenvalue weighted by Gasteiger charge is 2.28. The third-order valence-corrected chi connectivity index (χ3v) is 6.59. The minimum Gasteiger partial charge on any atom is -0.457 e. The van der Waals surface area contributed by atoms with Crippen LogP contribution in [0.3, 0.4) is 0 Å². The quantitative estimate of drug-likeness (QED) is 0.710. The third-order valence-electron chi connectivity index (χ3n) is 4.29. The summed E-state index contributed by atoms with van der Waals surface area (Å²) < 4.78 is 37.7. The second-order valence-corrected chi connectivity index (χ2v) is 8.54. The molecule has 6 nitrogen and oxygen atoms in total. The van der Waals surface area contributed by atoms with Gasteiger partial charge in [-0.25, -0.2) is 13.2 Å². The zero-order valence-electron chi connectivity index (χ0n) is 14.9. The molecule has 2 aromatic rings. The molecule has 1 saturated heterocycles. The smallest absolute Gasteiger partial charge is 0.338 e. The van der Waals surface area contributed by atoms with Crippen LogP contribution in [-0.2, 0) is 26.1 Å². The topological polar surface area (TPSA) is 72.9 Å². The first-order valence-electron chi connectivity index (χ1n) is 8.48. The van der Waals surface area contributed by atoms with E-state index in [4.69, 9.17) is 21.1 Å². The molecule has 27 heavy (non-hydrogen) atoms. The first kappa shape index (κ1) is 19.8. The summed E-state index contributed by atoms with van der Waals surface area (Å²) >= 11 is 5.83. The van der Waals surface area contributed by atoms with Gasteiger partial charge in [-0.05, 0) is 42.3 Å². The van der Waals surface area contributed by atoms with Crippen LogP contribution in [0.1, 0.15) is 21.5 Å². The lowest BCUT2D eigenvalue weighted by molar-refractivity contribution is 0.0472. The minimum atomic E-state index is -3.69. The standard InChI is InChI=1S/C19H20ClNO5S/c1-14-2-5-16(19(22)26-13-15-3-6-17(20)7-4-15)12-18(14)27(23,24)21-8-10-25-11-9-21/h2-7,12H,8-11,13H2,1H3. The highest BCUT2D eigenvalue weighted by atomic mass is 35.5. The Kier molecular flexibility index (Phi) is 6.16. The van der Waals surface area contributed by atoms with Crippen LogP contribution in [0, 0.1) is 6.92 Å². The fourth-order valence-corrected chi connectivity index (χ4v) is 4.53. The van der Waals surface area contributed by atoms with Crippen molar-refractivity contribution < 1.29 is 22.7 Å². The fraction of sp³-hybridized carbons (Fsp3) is 0.316. The van der Waals surface area contributed by atoms with Crippen molar-refractivity contribution in [3.05, 3.63) is 64.2 Å². The number of benzene rings is 2. The van der Waals surface area contributed by atoms with Crippen LogP contribution in [0.4, 0.5) is 0 Å². The highest BCUT2D eigenvalue weighted by Crippen LogP contribution is 2.23. The van der Waals surface area contributed by atoms with Crippen LogP contribution in [0.15, 0.2) is 47.4 Å². The molecule has 3 rings (SSSR count). The van der Waals surface area contributed by atoms with E-state index in [1.807, 2.05) is 0 Å². The van der Waals surface area contributed by atoms with Crippen molar-refractivity contribution in [2.24, 2.45) is 0 Å². The summed E-state index contributed by atoms with van der Waals surface area (Å²) in [6.45, 7) is 3.10. The Labute approximate surface area is 163 Å². The largest absolute Gasteiger partial charge is 0.457 e. The maximum absolute atomic E-state index is 12.9. The van der Waals surface area contributed by atoms with Crippen LogP contribution in [0.25, 0.3) is 0 Å². The molecule has 1 fully saturated rings. The number of aryl methyl sites for hydroxylation is 1. The summed E-state index contributed by atoms with van der Waals surface area (Å²) in [6, 6.07) is 11.5. The van der Waals surface area contributed by atoms with Gasteiger partial charge in [0.2, 0.25) is 10.0 Å². The van der Waals surface area contributed by atoms with Gasteiger partial charge in [-0.15, -0.1) is 0 Å². The van der Waals surface area contributed by atoms with E-state index in [9.17, 15) is 13.2 Å². The van der Waals surface area contributed by atoms with E-state index in [0.29, 0.717) is 36.9 Å². The monoisotopic (exact) mass is 409 g/mol. The molecule has 0 spiro atoms. The summed E-state index contributed by atoms with van der Waals surface area (Å²) in [5, 5.41) is 0.599. The number of hydrogen-bond acceptors (Lipinski definition) is 5. The summed E-state index contributed by atoms with van der Waals surface area (Å²) in [7, 11) is -3.69. The molecule has 0 unspecified atom stereocenters. The molecule has 1 aliphatic rings. The summed E-state index contributed by atoms with van der Waals surface area (Å²) in [5.41, 5.74) is 1.57. The first-order valence-corrected chi connectivity index (χ1v) is 10.3. The second-order valence-electron chi connectivity index (χ2n) is 6.20. The van der Waals surface area contributed by atoms with Crippen molar-refractivity contribution in [3.63, 3.8) is 0 Å². The number of carbonyl (C=O) groups is 1. The molecular formula is C19H20ClNO5S. The average molecular weight is 410 g/mol. The predicted octanol–water partition coefficient (Wildman–Crippen LogP) is 3.03. The lowest BCUT2D eigenvalue weighted by atomic mass is 10.1. The van der Waals surface area contributed by atoms with E-state index in [-0.39, 0.29) is 17.1 Å². The van der Waals surface area contributed by atoms with E-state index in [1.54, 1.807) is 43.3 Å². The van der Waals surface area contributed by atoms with Crippen molar-refractivity contribution in [3.8, 4) is 0 Å². The predicted molar refractivity (Wildman–Crippen MR) is 101 cm³/mol. The van der Waals surface area contributed by atoms with Gasteiger partial charge in [0.25, 0.3) is 0 Å². The Hall–Kier alpha value is -1.93. The van der Waals surface area contributed by atoms with Crippen molar-refractivity contribution in [2.45, 2.75) is 18.4 Å². The Morgan fingerprint density at radius 1 is 1.15 bits per heavy atom. The molecule has 0 amide bonds. The normalized spacial score (nSPS) is 15.5. The number of esters is 1. The van der Waals surface area contributed by atoms with Gasteiger partial charge >= 0.3 is 5.97 Å². The van der Waals surface area contributed by atoms with Crippen molar-refractivity contribution >= 4 is 27.6 Å². The van der Waals surface area contributed by atoms with Crippen LogP contribution in [0.2, 0.25) is 5.02 Å². The summed E-state index contributed by atoms with van der Waals surface area (Å²) in [6.07, 6.45) is 0. The second kappa shape index (κ2) is 8.39. The SMILES string of the molecule is Cc1ccc(C(=O)OCc2ccc(Cl)cc2)cc1S(=O)(=O)N1CCOCC1. The van der Waals surface area contributed by atoms with Crippen LogP contribution in [-0.4, -0.2) is 45.0 Å². The lowest BCUT2D eigenvalue weighted by Gasteiger charge is -2.26. The van der Waals surface area contributed by atoms with E-state index >= 15 is 0 Å². The number of rotatable bonds is 5. The molecule has 0 atom stereocenters. The van der Waals surface area contributed by atoms with Crippen molar-refractivity contribution in [1.29, 1.82) is 0 Å². The Balaban J connectivity index is 1.77.